The van der Waals surface area contributed by atoms with Gasteiger partial charge in [0.25, 0.3) is 0 Å². The van der Waals surface area contributed by atoms with Gasteiger partial charge in [-0.3, -0.25) is 4.57 Å². The molecule has 1 fully saturated rings. The zero-order valence-electron chi connectivity index (χ0n) is 10.2. The van der Waals surface area contributed by atoms with Crippen LogP contribution in [0.25, 0.3) is 11.2 Å². The number of aromatic amines is 1. The lowest BCUT2D eigenvalue weighted by Gasteiger charge is -2.16. The van der Waals surface area contributed by atoms with Gasteiger partial charge in [-0.05, 0) is 0 Å². The number of hydrogen-bond acceptors (Lipinski definition) is 8. The van der Waals surface area contributed by atoms with E-state index in [0.29, 0.717) is 11.2 Å². The Morgan fingerprint density at radius 3 is 2.85 bits per heavy atom. The van der Waals surface area contributed by atoms with E-state index in [-0.39, 0.29) is 10.6 Å². The SMILES string of the molecule is Nc1nc(=S)c2ncn(C3O[C@H](CO)[C@H](O)[C@H]3O)c2[nH]1. The van der Waals surface area contributed by atoms with Crippen LogP contribution in [0.4, 0.5) is 5.95 Å². The lowest BCUT2D eigenvalue weighted by Crippen LogP contribution is -2.33. The molecule has 1 aliphatic rings. The van der Waals surface area contributed by atoms with Crippen LogP contribution in [0, 0.1) is 4.64 Å². The summed E-state index contributed by atoms with van der Waals surface area (Å²) in [5.74, 6) is 0.107. The normalized spacial score (nSPS) is 30.1. The Bertz CT molecular complexity index is 701. The molecule has 1 unspecified atom stereocenters. The predicted molar refractivity (Wildman–Crippen MR) is 70.1 cm³/mol. The highest BCUT2D eigenvalue weighted by molar-refractivity contribution is 7.71. The van der Waals surface area contributed by atoms with Gasteiger partial charge < -0.3 is 30.8 Å². The molecule has 3 heterocycles. The van der Waals surface area contributed by atoms with Crippen LogP contribution in [0.2, 0.25) is 0 Å². The number of aliphatic hydroxyl groups excluding tert-OH is 3. The number of nitrogens with zero attached hydrogens (tertiary/aromatic N) is 3. The molecule has 0 aromatic carbocycles. The van der Waals surface area contributed by atoms with Gasteiger partial charge >= 0.3 is 0 Å². The molecule has 6 N–H and O–H groups in total. The van der Waals surface area contributed by atoms with Crippen LogP contribution in [0.5, 0.6) is 0 Å². The maximum absolute atomic E-state index is 10.0. The molecule has 1 aliphatic heterocycles. The number of nitrogens with two attached hydrogens (primary N) is 1. The number of aromatic nitrogens is 4. The van der Waals surface area contributed by atoms with Gasteiger partial charge in [0.15, 0.2) is 16.8 Å². The Balaban J connectivity index is 2.09. The molecule has 0 radical (unpaired) electrons. The number of fused-ring (bicyclic) bond motifs is 1. The molecule has 2 aromatic rings. The standard InChI is InChI=1S/C10H13N5O4S/c11-10-13-7-4(8(20)14-10)12-2-15(7)9-6(18)5(17)3(1-16)19-9/h2-3,5-6,9,16-18H,1H2,(H3,11,13,14,20)/t3-,5+,6-,9?/m1/s1. The van der Waals surface area contributed by atoms with Gasteiger partial charge in [-0.1, -0.05) is 12.2 Å². The summed E-state index contributed by atoms with van der Waals surface area (Å²) in [7, 11) is 0. The van der Waals surface area contributed by atoms with Gasteiger partial charge in [-0.2, -0.15) is 0 Å². The van der Waals surface area contributed by atoms with Gasteiger partial charge in [0.1, 0.15) is 29.5 Å². The van der Waals surface area contributed by atoms with E-state index in [1.807, 2.05) is 0 Å². The molecule has 0 aliphatic carbocycles. The first-order valence-corrected chi connectivity index (χ1v) is 6.28. The third-order valence-electron chi connectivity index (χ3n) is 3.26. The van der Waals surface area contributed by atoms with E-state index in [2.05, 4.69) is 15.0 Å². The van der Waals surface area contributed by atoms with E-state index in [0.717, 1.165) is 0 Å². The molecule has 3 rings (SSSR count). The van der Waals surface area contributed by atoms with Crippen molar-refractivity contribution in [1.82, 2.24) is 19.5 Å². The average Bonchev–Trinajstić information content (AvgIpc) is 2.93. The minimum absolute atomic E-state index is 0.107. The molecular formula is C10H13N5O4S. The Labute approximate surface area is 117 Å². The molecular weight excluding hydrogens is 286 g/mol. The monoisotopic (exact) mass is 299 g/mol. The van der Waals surface area contributed by atoms with Crippen LogP contribution in [0.15, 0.2) is 6.33 Å². The zero-order chi connectivity index (χ0) is 14.4. The van der Waals surface area contributed by atoms with Crippen molar-refractivity contribution in [3.8, 4) is 0 Å². The second kappa shape index (κ2) is 4.75. The Kier molecular flexibility index (Phi) is 3.18. The average molecular weight is 299 g/mol. The Hall–Kier alpha value is -1.59. The summed E-state index contributed by atoms with van der Waals surface area (Å²) in [4.78, 5) is 10.8. The molecule has 9 nitrogen and oxygen atoms in total. The number of aliphatic hydroxyl groups is 3. The van der Waals surface area contributed by atoms with Crippen molar-refractivity contribution in [2.45, 2.75) is 24.5 Å². The molecule has 4 atom stereocenters. The number of imidazole rings is 1. The fourth-order valence-corrected chi connectivity index (χ4v) is 2.50. The molecule has 2 aromatic heterocycles. The largest absolute Gasteiger partial charge is 0.394 e. The van der Waals surface area contributed by atoms with Crippen LogP contribution in [0.3, 0.4) is 0 Å². The number of ether oxygens (including phenoxy) is 1. The first-order chi connectivity index (χ1) is 9.52. The van der Waals surface area contributed by atoms with E-state index in [1.165, 1.54) is 10.9 Å². The quantitative estimate of drug-likeness (QED) is 0.430. The molecule has 0 saturated carbocycles. The van der Waals surface area contributed by atoms with Crippen molar-refractivity contribution >= 4 is 29.3 Å². The summed E-state index contributed by atoms with van der Waals surface area (Å²) >= 11 is 5.05. The molecule has 1 saturated heterocycles. The van der Waals surface area contributed by atoms with Crippen molar-refractivity contribution < 1.29 is 20.1 Å². The van der Waals surface area contributed by atoms with Crippen LogP contribution in [-0.4, -0.2) is 59.8 Å². The summed E-state index contributed by atoms with van der Waals surface area (Å²) in [6.45, 7) is -0.402. The number of H-pyrrole nitrogens is 1. The summed E-state index contributed by atoms with van der Waals surface area (Å²) < 4.78 is 7.11. The van der Waals surface area contributed by atoms with Gasteiger partial charge in [0, 0.05) is 0 Å². The third kappa shape index (κ3) is 1.89. The van der Waals surface area contributed by atoms with Gasteiger partial charge in [0.05, 0.1) is 12.9 Å². The molecule has 10 heteroatoms. The molecule has 0 spiro atoms. The zero-order valence-corrected chi connectivity index (χ0v) is 11.0. The second-order valence-electron chi connectivity index (χ2n) is 4.51. The minimum Gasteiger partial charge on any atom is -0.394 e. The van der Waals surface area contributed by atoms with Crippen LogP contribution < -0.4 is 5.73 Å². The van der Waals surface area contributed by atoms with Crippen molar-refractivity contribution in [3.63, 3.8) is 0 Å². The highest BCUT2D eigenvalue weighted by Crippen LogP contribution is 2.31. The van der Waals surface area contributed by atoms with Gasteiger partial charge in [-0.25, -0.2) is 9.97 Å². The number of hydrogen-bond donors (Lipinski definition) is 5. The van der Waals surface area contributed by atoms with E-state index in [4.69, 9.17) is 27.8 Å². The van der Waals surface area contributed by atoms with Crippen LogP contribution >= 0.6 is 12.2 Å². The minimum atomic E-state index is -1.21. The fourth-order valence-electron chi connectivity index (χ4n) is 2.26. The number of rotatable bonds is 2. The van der Waals surface area contributed by atoms with Crippen LogP contribution in [0.1, 0.15) is 6.23 Å². The summed E-state index contributed by atoms with van der Waals surface area (Å²) in [5.41, 5.74) is 6.44. The van der Waals surface area contributed by atoms with Crippen molar-refractivity contribution in [2.24, 2.45) is 0 Å². The Morgan fingerprint density at radius 1 is 1.45 bits per heavy atom. The van der Waals surface area contributed by atoms with E-state index >= 15 is 0 Å². The maximum Gasteiger partial charge on any atom is 0.200 e. The number of anilines is 1. The highest BCUT2D eigenvalue weighted by Gasteiger charge is 2.43. The number of nitrogen functional groups attached to an aromatic ring is 1. The summed E-state index contributed by atoms with van der Waals surface area (Å²) in [5, 5.41) is 28.9. The molecule has 20 heavy (non-hydrogen) atoms. The molecule has 0 bridgehead atoms. The summed E-state index contributed by atoms with van der Waals surface area (Å²) in [6.07, 6.45) is -2.77. The smallest absolute Gasteiger partial charge is 0.200 e. The van der Waals surface area contributed by atoms with Crippen molar-refractivity contribution in [3.05, 3.63) is 11.0 Å². The second-order valence-corrected chi connectivity index (χ2v) is 4.89. The van der Waals surface area contributed by atoms with Crippen molar-refractivity contribution in [1.29, 1.82) is 0 Å². The highest BCUT2D eigenvalue weighted by atomic mass is 32.1. The predicted octanol–water partition coefficient (Wildman–Crippen LogP) is -1.32. The maximum atomic E-state index is 10.0. The first kappa shape index (κ1) is 13.4. The lowest BCUT2D eigenvalue weighted by molar-refractivity contribution is -0.0511. The first-order valence-electron chi connectivity index (χ1n) is 5.87. The third-order valence-corrected chi connectivity index (χ3v) is 3.54. The summed E-state index contributed by atoms with van der Waals surface area (Å²) in [6, 6.07) is 0. The Morgan fingerprint density at radius 2 is 2.20 bits per heavy atom. The fraction of sp³-hybridized carbons (Fsp3) is 0.500. The van der Waals surface area contributed by atoms with E-state index < -0.39 is 31.1 Å². The van der Waals surface area contributed by atoms with Crippen molar-refractivity contribution in [2.75, 3.05) is 12.3 Å². The topological polar surface area (TPSA) is 142 Å². The van der Waals surface area contributed by atoms with E-state index in [9.17, 15) is 10.2 Å². The van der Waals surface area contributed by atoms with E-state index in [1.54, 1.807) is 0 Å². The van der Waals surface area contributed by atoms with Gasteiger partial charge in [0.2, 0.25) is 0 Å². The lowest BCUT2D eigenvalue weighted by atomic mass is 10.1. The number of nitrogens with one attached hydrogen (secondary N) is 1. The molecule has 0 amide bonds. The molecule has 108 valence electrons. The van der Waals surface area contributed by atoms with Crippen LogP contribution in [-0.2, 0) is 4.74 Å². The van der Waals surface area contributed by atoms with Gasteiger partial charge in [-0.15, -0.1) is 0 Å².